The summed E-state index contributed by atoms with van der Waals surface area (Å²) >= 11 is 0. The number of nitrogens with one attached hydrogen (secondary N) is 1. The molecule has 0 saturated heterocycles. The highest BCUT2D eigenvalue weighted by molar-refractivity contribution is 5.76. The second-order valence-electron chi connectivity index (χ2n) is 6.19. The summed E-state index contributed by atoms with van der Waals surface area (Å²) in [5.41, 5.74) is 5.15. The van der Waals surface area contributed by atoms with Crippen LogP contribution in [0.3, 0.4) is 0 Å². The smallest absolute Gasteiger partial charge is 0.220 e. The van der Waals surface area contributed by atoms with Gasteiger partial charge < -0.3 is 5.32 Å². The molecule has 5 nitrogen and oxygen atoms in total. The van der Waals surface area contributed by atoms with Crippen molar-refractivity contribution in [1.82, 2.24) is 19.9 Å². The zero-order valence-electron chi connectivity index (χ0n) is 14.6. The lowest BCUT2D eigenvalue weighted by atomic mass is 10.1. The summed E-state index contributed by atoms with van der Waals surface area (Å²) in [5, 5.41) is 7.21. The maximum atomic E-state index is 13.6. The highest BCUT2D eigenvalue weighted by Gasteiger charge is 2.13. The molecule has 0 saturated carbocycles. The van der Waals surface area contributed by atoms with Crippen molar-refractivity contribution in [1.29, 1.82) is 0 Å². The van der Waals surface area contributed by atoms with Crippen LogP contribution < -0.4 is 5.32 Å². The second kappa shape index (κ2) is 7.01. The van der Waals surface area contributed by atoms with Gasteiger partial charge in [0.05, 0.1) is 5.69 Å². The van der Waals surface area contributed by atoms with Crippen LogP contribution in [0.1, 0.15) is 34.6 Å². The summed E-state index contributed by atoms with van der Waals surface area (Å²) in [6, 6.07) is 8.38. The van der Waals surface area contributed by atoms with Crippen molar-refractivity contribution >= 4 is 11.6 Å². The summed E-state index contributed by atoms with van der Waals surface area (Å²) in [6.07, 6.45) is 0.895. The number of fused-ring (bicyclic) bond motifs is 1. The fourth-order valence-corrected chi connectivity index (χ4v) is 2.97. The SMILES string of the molecule is Cc1cc2nc(C)c(CCC(=O)NCc3ccccc3F)c(C)n2n1. The molecule has 0 fully saturated rings. The van der Waals surface area contributed by atoms with Crippen LogP contribution >= 0.6 is 0 Å². The van der Waals surface area contributed by atoms with E-state index in [4.69, 9.17) is 0 Å². The van der Waals surface area contributed by atoms with Crippen LogP contribution in [0, 0.1) is 26.6 Å². The van der Waals surface area contributed by atoms with Gasteiger partial charge in [-0.1, -0.05) is 18.2 Å². The molecule has 0 radical (unpaired) electrons. The number of halogens is 1. The van der Waals surface area contributed by atoms with Gasteiger partial charge in [0.2, 0.25) is 5.91 Å². The molecule has 1 N–H and O–H groups in total. The molecule has 25 heavy (non-hydrogen) atoms. The Morgan fingerprint density at radius 2 is 2.00 bits per heavy atom. The van der Waals surface area contributed by atoms with Crippen LogP contribution in [0.25, 0.3) is 5.65 Å². The molecular formula is C19H21FN4O. The van der Waals surface area contributed by atoms with Crippen molar-refractivity contribution in [3.05, 3.63) is 64.4 Å². The highest BCUT2D eigenvalue weighted by Crippen LogP contribution is 2.17. The molecule has 2 aromatic heterocycles. The van der Waals surface area contributed by atoms with Gasteiger partial charge in [-0.15, -0.1) is 0 Å². The van der Waals surface area contributed by atoms with Gasteiger partial charge in [0, 0.05) is 36.0 Å². The van der Waals surface area contributed by atoms with Crippen molar-refractivity contribution in [3.8, 4) is 0 Å². The maximum Gasteiger partial charge on any atom is 0.220 e. The molecule has 2 heterocycles. The van der Waals surface area contributed by atoms with E-state index in [1.165, 1.54) is 6.07 Å². The van der Waals surface area contributed by atoms with Crippen LogP contribution in [-0.4, -0.2) is 20.5 Å². The van der Waals surface area contributed by atoms with E-state index in [9.17, 15) is 9.18 Å². The fraction of sp³-hybridized carbons (Fsp3) is 0.316. The quantitative estimate of drug-likeness (QED) is 0.777. The van der Waals surface area contributed by atoms with Gasteiger partial charge in [0.15, 0.2) is 5.65 Å². The number of carbonyl (C=O) groups excluding carboxylic acids is 1. The molecule has 1 amide bonds. The van der Waals surface area contributed by atoms with Gasteiger partial charge in [0.25, 0.3) is 0 Å². The normalized spacial score (nSPS) is 11.0. The van der Waals surface area contributed by atoms with Gasteiger partial charge in [-0.2, -0.15) is 5.10 Å². The maximum absolute atomic E-state index is 13.6. The first-order valence-corrected chi connectivity index (χ1v) is 8.28. The van der Waals surface area contributed by atoms with Gasteiger partial charge in [-0.3, -0.25) is 4.79 Å². The Balaban J connectivity index is 1.66. The molecule has 0 spiro atoms. The molecule has 1 aromatic carbocycles. The lowest BCUT2D eigenvalue weighted by Gasteiger charge is -2.11. The Kier molecular flexibility index (Phi) is 4.79. The Morgan fingerprint density at radius 3 is 2.76 bits per heavy atom. The number of benzene rings is 1. The monoisotopic (exact) mass is 340 g/mol. The van der Waals surface area contributed by atoms with Crippen LogP contribution in [0.4, 0.5) is 4.39 Å². The van der Waals surface area contributed by atoms with Gasteiger partial charge in [-0.25, -0.2) is 13.9 Å². The summed E-state index contributed by atoms with van der Waals surface area (Å²) in [7, 11) is 0. The first-order chi connectivity index (χ1) is 12.0. The molecule has 6 heteroatoms. The van der Waals surface area contributed by atoms with Gasteiger partial charge >= 0.3 is 0 Å². The van der Waals surface area contributed by atoms with E-state index in [0.717, 1.165) is 28.3 Å². The van der Waals surface area contributed by atoms with Crippen LogP contribution in [0.15, 0.2) is 30.3 Å². The minimum atomic E-state index is -0.307. The minimum absolute atomic E-state index is 0.112. The summed E-state index contributed by atoms with van der Waals surface area (Å²) < 4.78 is 15.4. The summed E-state index contributed by atoms with van der Waals surface area (Å²) in [5.74, 6) is -0.419. The zero-order valence-corrected chi connectivity index (χ0v) is 14.6. The van der Waals surface area contributed by atoms with Crippen LogP contribution in [-0.2, 0) is 17.8 Å². The molecule has 0 bridgehead atoms. The second-order valence-corrected chi connectivity index (χ2v) is 6.19. The van der Waals surface area contributed by atoms with Crippen molar-refractivity contribution in [2.45, 2.75) is 40.2 Å². The Morgan fingerprint density at radius 1 is 1.24 bits per heavy atom. The topological polar surface area (TPSA) is 59.3 Å². The van der Waals surface area contributed by atoms with Crippen molar-refractivity contribution in [3.63, 3.8) is 0 Å². The third-order valence-corrected chi connectivity index (χ3v) is 4.32. The summed E-state index contributed by atoms with van der Waals surface area (Å²) in [4.78, 5) is 16.7. The van der Waals surface area contributed by atoms with Crippen molar-refractivity contribution in [2.24, 2.45) is 0 Å². The van der Waals surface area contributed by atoms with E-state index in [0.29, 0.717) is 18.4 Å². The lowest BCUT2D eigenvalue weighted by Crippen LogP contribution is -2.24. The average Bonchev–Trinajstić information content (AvgIpc) is 2.94. The number of aromatic nitrogens is 3. The molecule has 0 atom stereocenters. The zero-order chi connectivity index (χ0) is 18.0. The van der Waals surface area contributed by atoms with E-state index < -0.39 is 0 Å². The van der Waals surface area contributed by atoms with E-state index in [1.54, 1.807) is 18.2 Å². The number of aryl methyl sites for hydroxylation is 3. The fourth-order valence-electron chi connectivity index (χ4n) is 2.97. The van der Waals surface area contributed by atoms with Gasteiger partial charge in [0.1, 0.15) is 5.82 Å². The predicted molar refractivity (Wildman–Crippen MR) is 93.8 cm³/mol. The first-order valence-electron chi connectivity index (χ1n) is 8.28. The first kappa shape index (κ1) is 17.1. The Labute approximate surface area is 145 Å². The molecular weight excluding hydrogens is 319 g/mol. The number of hydrogen-bond acceptors (Lipinski definition) is 3. The number of carbonyl (C=O) groups is 1. The molecule has 130 valence electrons. The highest BCUT2D eigenvalue weighted by atomic mass is 19.1. The van der Waals surface area contributed by atoms with E-state index >= 15 is 0 Å². The largest absolute Gasteiger partial charge is 0.352 e. The average molecular weight is 340 g/mol. The van der Waals surface area contributed by atoms with Gasteiger partial charge in [-0.05, 0) is 38.8 Å². The molecule has 0 aliphatic rings. The third-order valence-electron chi connectivity index (χ3n) is 4.32. The molecule has 3 aromatic rings. The third kappa shape index (κ3) is 3.68. The lowest BCUT2D eigenvalue weighted by molar-refractivity contribution is -0.121. The van der Waals surface area contributed by atoms with Crippen molar-refractivity contribution in [2.75, 3.05) is 0 Å². The van der Waals surface area contributed by atoms with E-state index in [2.05, 4.69) is 15.4 Å². The summed E-state index contributed by atoms with van der Waals surface area (Å²) in [6.45, 7) is 6.06. The van der Waals surface area contributed by atoms with Crippen LogP contribution in [0.5, 0.6) is 0 Å². The van der Waals surface area contributed by atoms with Crippen LogP contribution in [0.2, 0.25) is 0 Å². The number of nitrogens with zero attached hydrogens (tertiary/aromatic N) is 3. The Bertz CT molecular complexity index is 933. The minimum Gasteiger partial charge on any atom is -0.352 e. The van der Waals surface area contributed by atoms with Crippen molar-refractivity contribution < 1.29 is 9.18 Å². The predicted octanol–water partition coefficient (Wildman–Crippen LogP) is 3.04. The number of hydrogen-bond donors (Lipinski definition) is 1. The Hall–Kier alpha value is -2.76. The molecule has 0 aliphatic heterocycles. The molecule has 0 unspecified atom stereocenters. The van der Waals surface area contributed by atoms with E-state index in [-0.39, 0.29) is 18.3 Å². The van der Waals surface area contributed by atoms with E-state index in [1.807, 2.05) is 31.4 Å². The molecule has 0 aliphatic carbocycles. The standard InChI is InChI=1S/C19H21FN4O/c1-12-10-18-22-13(2)16(14(3)24(18)23-12)8-9-19(25)21-11-15-6-4-5-7-17(15)20/h4-7,10H,8-9,11H2,1-3H3,(H,21,25). The number of amides is 1. The molecule has 3 rings (SSSR count). The number of rotatable bonds is 5.